The van der Waals surface area contributed by atoms with Gasteiger partial charge < -0.3 is 4.74 Å². The number of ether oxygens (including phenoxy) is 1. The number of nitrogens with zero attached hydrogens (tertiary/aromatic N) is 1. The van der Waals surface area contributed by atoms with Gasteiger partial charge in [0.15, 0.2) is 5.78 Å². The zero-order valence-corrected chi connectivity index (χ0v) is 12.9. The van der Waals surface area contributed by atoms with E-state index in [0.717, 1.165) is 11.1 Å². The molecule has 23 heavy (non-hydrogen) atoms. The zero-order chi connectivity index (χ0) is 16.2. The van der Waals surface area contributed by atoms with Gasteiger partial charge >= 0.3 is 6.09 Å². The molecule has 0 spiro atoms. The average Bonchev–Trinajstić information content (AvgIpc) is 2.90. The molecule has 4 nitrogen and oxygen atoms in total. The Kier molecular flexibility index (Phi) is 4.24. The fourth-order valence-corrected chi connectivity index (χ4v) is 2.48. The Bertz CT molecular complexity index is 765. The van der Waals surface area contributed by atoms with Crippen LogP contribution >= 0.6 is 0 Å². The van der Waals surface area contributed by atoms with E-state index < -0.39 is 6.09 Å². The molecule has 0 aromatic heterocycles. The summed E-state index contributed by atoms with van der Waals surface area (Å²) in [5, 5.41) is 0. The predicted octanol–water partition coefficient (Wildman–Crippen LogP) is 3.71. The van der Waals surface area contributed by atoms with Crippen LogP contribution in [-0.2, 0) is 11.3 Å². The number of ketones is 1. The normalized spacial score (nSPS) is 15.8. The van der Waals surface area contributed by atoms with E-state index >= 15 is 0 Å². The highest BCUT2D eigenvalue weighted by atomic mass is 16.6. The molecule has 0 saturated carbocycles. The van der Waals surface area contributed by atoms with Gasteiger partial charge in [0.1, 0.15) is 5.76 Å². The van der Waals surface area contributed by atoms with Gasteiger partial charge in [-0.1, -0.05) is 54.6 Å². The molecule has 0 radical (unpaired) electrons. The molecule has 1 amide bonds. The van der Waals surface area contributed by atoms with Crippen LogP contribution in [0.1, 0.15) is 21.5 Å². The summed E-state index contributed by atoms with van der Waals surface area (Å²) in [7, 11) is 0. The van der Waals surface area contributed by atoms with Crippen LogP contribution in [0.5, 0.6) is 0 Å². The third-order valence-corrected chi connectivity index (χ3v) is 3.80. The summed E-state index contributed by atoms with van der Waals surface area (Å²) in [6.45, 7) is 2.79. The van der Waals surface area contributed by atoms with E-state index in [1.807, 2.05) is 37.3 Å². The van der Waals surface area contributed by atoms with E-state index in [4.69, 9.17) is 4.74 Å². The fraction of sp³-hybridized carbons (Fsp3) is 0.158. The van der Waals surface area contributed by atoms with Crippen molar-refractivity contribution in [1.82, 2.24) is 4.90 Å². The van der Waals surface area contributed by atoms with E-state index in [1.54, 1.807) is 29.2 Å². The van der Waals surface area contributed by atoms with Gasteiger partial charge in [-0.2, -0.15) is 0 Å². The first-order chi connectivity index (χ1) is 11.1. The summed E-state index contributed by atoms with van der Waals surface area (Å²) < 4.78 is 5.21. The van der Waals surface area contributed by atoms with E-state index in [1.165, 1.54) is 6.08 Å². The van der Waals surface area contributed by atoms with E-state index in [2.05, 4.69) is 0 Å². The van der Waals surface area contributed by atoms with Gasteiger partial charge in [-0.3, -0.25) is 9.69 Å². The predicted molar refractivity (Wildman–Crippen MR) is 86.9 cm³/mol. The molecule has 1 aliphatic heterocycles. The number of allylic oxidation sites excluding steroid dienone is 1. The number of cyclic esters (lactones) is 1. The van der Waals surface area contributed by atoms with Gasteiger partial charge in [-0.15, -0.1) is 0 Å². The first-order valence-electron chi connectivity index (χ1n) is 7.45. The lowest BCUT2D eigenvalue weighted by atomic mass is 10.1. The molecule has 3 rings (SSSR count). The third kappa shape index (κ3) is 3.48. The number of rotatable bonds is 4. The Labute approximate surface area is 135 Å². The number of hydrogen-bond acceptors (Lipinski definition) is 3. The highest BCUT2D eigenvalue weighted by Crippen LogP contribution is 2.20. The van der Waals surface area contributed by atoms with Crippen molar-refractivity contribution in [3.63, 3.8) is 0 Å². The van der Waals surface area contributed by atoms with E-state index in [-0.39, 0.29) is 5.78 Å². The number of amides is 1. The molecule has 0 aliphatic carbocycles. The smallest absolute Gasteiger partial charge is 0.413 e. The summed E-state index contributed by atoms with van der Waals surface area (Å²) >= 11 is 0. The molecule has 0 bridgehead atoms. The van der Waals surface area contributed by atoms with Crippen LogP contribution in [-0.4, -0.2) is 23.3 Å². The maximum Gasteiger partial charge on any atom is 0.415 e. The van der Waals surface area contributed by atoms with Crippen LogP contribution in [0.4, 0.5) is 4.79 Å². The van der Waals surface area contributed by atoms with Gasteiger partial charge in [0.2, 0.25) is 0 Å². The highest BCUT2D eigenvalue weighted by molar-refractivity contribution is 6.05. The van der Waals surface area contributed by atoms with Gasteiger partial charge in [0.25, 0.3) is 0 Å². The van der Waals surface area contributed by atoms with Crippen molar-refractivity contribution in [3.05, 3.63) is 83.1 Å². The summed E-state index contributed by atoms with van der Waals surface area (Å²) in [6, 6.07) is 16.8. The average molecular weight is 307 g/mol. The van der Waals surface area contributed by atoms with Crippen molar-refractivity contribution < 1.29 is 14.3 Å². The van der Waals surface area contributed by atoms with Crippen molar-refractivity contribution in [2.45, 2.75) is 13.5 Å². The lowest BCUT2D eigenvalue weighted by Crippen LogP contribution is -2.23. The Morgan fingerprint density at radius 2 is 1.83 bits per heavy atom. The van der Waals surface area contributed by atoms with Crippen molar-refractivity contribution in [1.29, 1.82) is 0 Å². The first-order valence-corrected chi connectivity index (χ1v) is 7.45. The molecule has 0 unspecified atom stereocenters. The molecule has 1 fully saturated rings. The van der Waals surface area contributed by atoms with Gasteiger partial charge in [0.05, 0.1) is 6.54 Å². The number of carbonyl (C=O) groups excluding carboxylic acids is 2. The SMILES string of the molecule is Cc1ccccc1CN1C/C(=C\C(=O)c2ccccc2)OC1=O. The summed E-state index contributed by atoms with van der Waals surface area (Å²) in [4.78, 5) is 25.7. The second-order valence-corrected chi connectivity index (χ2v) is 5.49. The van der Waals surface area contributed by atoms with E-state index in [0.29, 0.717) is 24.4 Å². The molecule has 4 heteroatoms. The van der Waals surface area contributed by atoms with Gasteiger partial charge in [-0.05, 0) is 18.1 Å². The Hall–Kier alpha value is -2.88. The van der Waals surface area contributed by atoms with Crippen molar-refractivity contribution in [2.75, 3.05) is 6.54 Å². The number of benzene rings is 2. The topological polar surface area (TPSA) is 46.6 Å². The maximum absolute atomic E-state index is 12.1. The quantitative estimate of drug-likeness (QED) is 0.639. The van der Waals surface area contributed by atoms with Crippen LogP contribution in [0.15, 0.2) is 66.4 Å². The fourth-order valence-electron chi connectivity index (χ4n) is 2.48. The Balaban J connectivity index is 1.71. The zero-order valence-electron chi connectivity index (χ0n) is 12.9. The molecule has 2 aromatic carbocycles. The van der Waals surface area contributed by atoms with Crippen LogP contribution in [0, 0.1) is 6.92 Å². The van der Waals surface area contributed by atoms with Crippen molar-refractivity contribution >= 4 is 11.9 Å². The van der Waals surface area contributed by atoms with Crippen molar-refractivity contribution in [2.24, 2.45) is 0 Å². The molecule has 2 aromatic rings. The molecule has 0 atom stereocenters. The maximum atomic E-state index is 12.1. The minimum Gasteiger partial charge on any atom is -0.413 e. The summed E-state index contributed by atoms with van der Waals surface area (Å²) in [5.41, 5.74) is 2.77. The molecular formula is C19H17NO3. The Morgan fingerprint density at radius 1 is 1.13 bits per heavy atom. The summed E-state index contributed by atoms with van der Waals surface area (Å²) in [6.07, 6.45) is 0.978. The highest BCUT2D eigenvalue weighted by Gasteiger charge is 2.27. The third-order valence-electron chi connectivity index (χ3n) is 3.80. The standard InChI is InChI=1S/C19H17NO3/c1-14-7-5-6-10-16(14)12-20-13-17(23-19(20)22)11-18(21)15-8-3-2-4-9-15/h2-11H,12-13H2,1H3/b17-11+. The van der Waals surface area contributed by atoms with Crippen LogP contribution in [0.25, 0.3) is 0 Å². The first kappa shape index (κ1) is 15.0. The minimum absolute atomic E-state index is 0.161. The van der Waals surface area contributed by atoms with Gasteiger partial charge in [-0.25, -0.2) is 4.79 Å². The molecule has 0 N–H and O–H groups in total. The second-order valence-electron chi connectivity index (χ2n) is 5.49. The molecule has 1 aliphatic rings. The van der Waals surface area contributed by atoms with Gasteiger partial charge in [0, 0.05) is 18.2 Å². The second kappa shape index (κ2) is 6.48. The molecule has 116 valence electrons. The van der Waals surface area contributed by atoms with Crippen LogP contribution in [0.3, 0.4) is 0 Å². The lowest BCUT2D eigenvalue weighted by molar-refractivity contribution is 0.104. The number of aryl methyl sites for hydroxylation is 1. The largest absolute Gasteiger partial charge is 0.415 e. The monoisotopic (exact) mass is 307 g/mol. The minimum atomic E-state index is -0.416. The van der Waals surface area contributed by atoms with Crippen molar-refractivity contribution in [3.8, 4) is 0 Å². The molecule has 1 saturated heterocycles. The summed E-state index contributed by atoms with van der Waals surface area (Å²) in [5.74, 6) is 0.226. The number of carbonyl (C=O) groups is 2. The van der Waals surface area contributed by atoms with Crippen LogP contribution < -0.4 is 0 Å². The van der Waals surface area contributed by atoms with Crippen LogP contribution in [0.2, 0.25) is 0 Å². The Morgan fingerprint density at radius 3 is 2.57 bits per heavy atom. The van der Waals surface area contributed by atoms with E-state index in [9.17, 15) is 9.59 Å². The number of hydrogen-bond donors (Lipinski definition) is 0. The molecule has 1 heterocycles. The lowest BCUT2D eigenvalue weighted by Gasteiger charge is -2.13. The molecular weight excluding hydrogens is 290 g/mol.